The van der Waals surface area contributed by atoms with E-state index in [1.165, 1.54) is 31.2 Å². The largest absolute Gasteiger partial charge is 0.0839 e. The third-order valence-electron chi connectivity index (χ3n) is 2.22. The van der Waals surface area contributed by atoms with Gasteiger partial charge in [-0.3, -0.25) is 0 Å². The molecule has 1 aromatic carbocycles. The molecule has 1 atom stereocenters. The molecule has 0 N–H and O–H groups in total. The van der Waals surface area contributed by atoms with Crippen molar-refractivity contribution >= 4 is 15.9 Å². The second kappa shape index (κ2) is 6.20. The Bertz CT molecular complexity index is 218. The molecule has 0 nitrogen and oxygen atoms in total. The molecule has 0 fully saturated rings. The number of alkyl halides is 1. The van der Waals surface area contributed by atoms with E-state index < -0.39 is 0 Å². The van der Waals surface area contributed by atoms with Crippen molar-refractivity contribution in [1.82, 2.24) is 0 Å². The predicted octanol–water partition coefficient (Wildman–Crippen LogP) is 4.70. The molecular weight excluding hydrogens is 224 g/mol. The smallest absolute Gasteiger partial charge is 0.0395 e. The lowest BCUT2D eigenvalue weighted by atomic mass is 10.1. The van der Waals surface area contributed by atoms with Crippen molar-refractivity contribution in [3.05, 3.63) is 35.9 Å². The summed E-state index contributed by atoms with van der Waals surface area (Å²) in [6.07, 6.45) is 5.21. The van der Waals surface area contributed by atoms with Gasteiger partial charge in [0.05, 0.1) is 0 Å². The van der Waals surface area contributed by atoms with Gasteiger partial charge in [-0.1, -0.05) is 72.4 Å². The first kappa shape index (κ1) is 10.8. The van der Waals surface area contributed by atoms with Gasteiger partial charge in [-0.25, -0.2) is 0 Å². The molecule has 1 rings (SSSR count). The van der Waals surface area contributed by atoms with Gasteiger partial charge in [0.1, 0.15) is 0 Å². The standard InChI is InChI=1S/C12H17Br/c1-2-3-5-10-12(13)11-8-6-4-7-9-11/h4,6-9,12H,2-3,5,10H2,1H3. The van der Waals surface area contributed by atoms with Crippen LogP contribution in [-0.4, -0.2) is 0 Å². The van der Waals surface area contributed by atoms with Crippen LogP contribution in [0.5, 0.6) is 0 Å². The molecule has 0 aliphatic heterocycles. The lowest BCUT2D eigenvalue weighted by Crippen LogP contribution is -1.89. The Hall–Kier alpha value is -0.300. The summed E-state index contributed by atoms with van der Waals surface area (Å²) >= 11 is 3.72. The van der Waals surface area contributed by atoms with E-state index in [1.807, 2.05) is 0 Å². The molecule has 1 unspecified atom stereocenters. The average Bonchev–Trinajstić information content (AvgIpc) is 2.19. The molecule has 0 saturated heterocycles. The maximum atomic E-state index is 3.72. The maximum absolute atomic E-state index is 3.72. The summed E-state index contributed by atoms with van der Waals surface area (Å²) in [4.78, 5) is 0.542. The van der Waals surface area contributed by atoms with Crippen LogP contribution in [0, 0.1) is 0 Å². The fourth-order valence-corrected chi connectivity index (χ4v) is 2.03. The van der Waals surface area contributed by atoms with E-state index in [0.29, 0.717) is 4.83 Å². The Kier molecular flexibility index (Phi) is 5.14. The van der Waals surface area contributed by atoms with E-state index in [0.717, 1.165) is 0 Å². The van der Waals surface area contributed by atoms with Gasteiger partial charge in [0, 0.05) is 4.83 Å². The third kappa shape index (κ3) is 3.95. The molecule has 0 spiro atoms. The predicted molar refractivity (Wildman–Crippen MR) is 62.3 cm³/mol. The molecule has 0 aromatic heterocycles. The van der Waals surface area contributed by atoms with Crippen molar-refractivity contribution in [3.8, 4) is 0 Å². The van der Waals surface area contributed by atoms with E-state index in [1.54, 1.807) is 0 Å². The highest BCUT2D eigenvalue weighted by Crippen LogP contribution is 2.27. The van der Waals surface area contributed by atoms with Gasteiger partial charge >= 0.3 is 0 Å². The van der Waals surface area contributed by atoms with Gasteiger partial charge in [0.2, 0.25) is 0 Å². The topological polar surface area (TPSA) is 0 Å². The monoisotopic (exact) mass is 240 g/mol. The third-order valence-corrected chi connectivity index (χ3v) is 3.21. The number of rotatable bonds is 5. The van der Waals surface area contributed by atoms with Gasteiger partial charge < -0.3 is 0 Å². The van der Waals surface area contributed by atoms with Gasteiger partial charge in [0.15, 0.2) is 0 Å². The Morgan fingerprint density at radius 1 is 1.15 bits per heavy atom. The Labute approximate surface area is 89.5 Å². The van der Waals surface area contributed by atoms with Crippen molar-refractivity contribution in [2.45, 2.75) is 37.4 Å². The summed E-state index contributed by atoms with van der Waals surface area (Å²) in [5, 5.41) is 0. The molecule has 1 aromatic rings. The van der Waals surface area contributed by atoms with Crippen molar-refractivity contribution in [1.29, 1.82) is 0 Å². The van der Waals surface area contributed by atoms with Crippen LogP contribution in [-0.2, 0) is 0 Å². The molecule has 13 heavy (non-hydrogen) atoms. The van der Waals surface area contributed by atoms with Crippen LogP contribution in [0.3, 0.4) is 0 Å². The minimum absolute atomic E-state index is 0.542. The van der Waals surface area contributed by atoms with E-state index >= 15 is 0 Å². The first-order valence-electron chi connectivity index (χ1n) is 5.03. The zero-order valence-electron chi connectivity index (χ0n) is 8.17. The molecule has 72 valence electrons. The van der Waals surface area contributed by atoms with Gasteiger partial charge in [-0.2, -0.15) is 0 Å². The van der Waals surface area contributed by atoms with Crippen LogP contribution < -0.4 is 0 Å². The fourth-order valence-electron chi connectivity index (χ4n) is 1.40. The van der Waals surface area contributed by atoms with E-state index in [4.69, 9.17) is 0 Å². The van der Waals surface area contributed by atoms with Crippen molar-refractivity contribution in [2.75, 3.05) is 0 Å². The maximum Gasteiger partial charge on any atom is 0.0395 e. The number of hydrogen-bond donors (Lipinski definition) is 0. The van der Waals surface area contributed by atoms with Gasteiger partial charge in [0.25, 0.3) is 0 Å². The summed E-state index contributed by atoms with van der Waals surface area (Å²) in [6, 6.07) is 10.6. The molecule has 0 amide bonds. The Balaban J connectivity index is 2.35. The fraction of sp³-hybridized carbons (Fsp3) is 0.500. The van der Waals surface area contributed by atoms with Crippen molar-refractivity contribution in [2.24, 2.45) is 0 Å². The number of unbranched alkanes of at least 4 members (excludes halogenated alkanes) is 2. The quantitative estimate of drug-likeness (QED) is 0.517. The summed E-state index contributed by atoms with van der Waals surface area (Å²) in [6.45, 7) is 2.24. The first-order chi connectivity index (χ1) is 6.34. The summed E-state index contributed by atoms with van der Waals surface area (Å²) in [7, 11) is 0. The molecule has 0 heterocycles. The molecule has 0 saturated carbocycles. The second-order valence-corrected chi connectivity index (χ2v) is 4.48. The molecule has 0 bridgehead atoms. The van der Waals surface area contributed by atoms with E-state index in [-0.39, 0.29) is 0 Å². The average molecular weight is 241 g/mol. The summed E-state index contributed by atoms with van der Waals surface area (Å²) in [5.74, 6) is 0. The highest BCUT2D eigenvalue weighted by molar-refractivity contribution is 9.09. The van der Waals surface area contributed by atoms with Crippen LogP contribution in [0.15, 0.2) is 30.3 Å². The SMILES string of the molecule is CCCCCC(Br)c1ccccc1. The zero-order chi connectivity index (χ0) is 9.52. The molecular formula is C12H17Br. The summed E-state index contributed by atoms with van der Waals surface area (Å²) < 4.78 is 0. The first-order valence-corrected chi connectivity index (χ1v) is 5.95. The number of hydrogen-bond acceptors (Lipinski definition) is 0. The number of benzene rings is 1. The number of halogens is 1. The van der Waals surface area contributed by atoms with E-state index in [2.05, 4.69) is 53.2 Å². The van der Waals surface area contributed by atoms with Crippen LogP contribution in [0.25, 0.3) is 0 Å². The van der Waals surface area contributed by atoms with Crippen LogP contribution >= 0.6 is 15.9 Å². The highest BCUT2D eigenvalue weighted by atomic mass is 79.9. The van der Waals surface area contributed by atoms with Crippen LogP contribution in [0.1, 0.15) is 43.0 Å². The minimum Gasteiger partial charge on any atom is -0.0839 e. The van der Waals surface area contributed by atoms with Crippen molar-refractivity contribution in [3.63, 3.8) is 0 Å². The zero-order valence-corrected chi connectivity index (χ0v) is 9.76. The molecule has 0 aliphatic carbocycles. The molecule has 0 aliphatic rings. The lowest BCUT2D eigenvalue weighted by molar-refractivity contribution is 0.664. The lowest BCUT2D eigenvalue weighted by Gasteiger charge is -2.08. The van der Waals surface area contributed by atoms with Gasteiger partial charge in [-0.05, 0) is 12.0 Å². The highest BCUT2D eigenvalue weighted by Gasteiger charge is 2.04. The molecule has 1 heteroatoms. The van der Waals surface area contributed by atoms with Crippen molar-refractivity contribution < 1.29 is 0 Å². The summed E-state index contributed by atoms with van der Waals surface area (Å²) in [5.41, 5.74) is 1.40. The Morgan fingerprint density at radius 2 is 1.85 bits per heavy atom. The minimum atomic E-state index is 0.542. The Morgan fingerprint density at radius 3 is 2.46 bits per heavy atom. The molecule has 0 radical (unpaired) electrons. The van der Waals surface area contributed by atoms with E-state index in [9.17, 15) is 0 Å². The van der Waals surface area contributed by atoms with Crippen LogP contribution in [0.2, 0.25) is 0 Å². The normalized spacial score (nSPS) is 12.8. The van der Waals surface area contributed by atoms with Crippen LogP contribution in [0.4, 0.5) is 0 Å². The van der Waals surface area contributed by atoms with Gasteiger partial charge in [-0.15, -0.1) is 0 Å². The second-order valence-electron chi connectivity index (χ2n) is 3.37.